The normalized spacial score (nSPS) is 25.5. The van der Waals surface area contributed by atoms with E-state index in [-0.39, 0.29) is 0 Å². The molecule has 0 bridgehead atoms. The molecular weight excluding hydrogens is 388 g/mol. The average molecular weight is 410 g/mol. The molecule has 2 nitrogen and oxygen atoms in total. The largest absolute Gasteiger partial charge is 0.330 e. The summed E-state index contributed by atoms with van der Waals surface area (Å²) in [4.78, 5) is 4.10. The third-order valence-electron chi connectivity index (χ3n) is 3.88. The molecule has 2 N–H and O–H groups in total. The second-order valence-corrected chi connectivity index (χ2v) is 8.50. The third kappa shape index (κ3) is 3.82. The molecule has 2 atom stereocenters. The fraction of sp³-hybridized carbons (Fsp3) is 0.714. The van der Waals surface area contributed by atoms with E-state index in [2.05, 4.69) is 49.7 Å². The number of likely N-dealkylation sites (tertiary alicyclic amines) is 1. The predicted octanol–water partition coefficient (Wildman–Crippen LogP) is 4.79. The van der Waals surface area contributed by atoms with Crippen molar-refractivity contribution in [2.24, 2.45) is 11.7 Å². The van der Waals surface area contributed by atoms with E-state index in [1.54, 1.807) is 0 Å². The molecule has 1 fully saturated rings. The quantitative estimate of drug-likeness (QED) is 0.774. The van der Waals surface area contributed by atoms with Crippen LogP contribution in [0.2, 0.25) is 0 Å². The van der Waals surface area contributed by atoms with Gasteiger partial charge in [0.1, 0.15) is 0 Å². The van der Waals surface area contributed by atoms with Gasteiger partial charge in [-0.15, -0.1) is 11.3 Å². The summed E-state index contributed by atoms with van der Waals surface area (Å²) in [5, 5.41) is 0. The number of nitrogens with zero attached hydrogens (tertiary/aromatic N) is 1. The molecule has 0 aromatic carbocycles. The molecule has 2 heterocycles. The monoisotopic (exact) mass is 408 g/mol. The van der Waals surface area contributed by atoms with E-state index in [9.17, 15) is 0 Å². The molecule has 1 aromatic rings. The molecule has 5 heteroatoms. The zero-order valence-electron chi connectivity index (χ0n) is 11.4. The van der Waals surface area contributed by atoms with E-state index in [1.807, 2.05) is 11.3 Å². The van der Waals surface area contributed by atoms with E-state index in [1.165, 1.54) is 51.9 Å². The first kappa shape index (κ1) is 16.0. The number of hydrogen-bond donors (Lipinski definition) is 1. The summed E-state index contributed by atoms with van der Waals surface area (Å²) < 4.78 is 2.36. The number of halogens is 2. The molecular formula is C14H22Br2N2S. The molecule has 0 amide bonds. The van der Waals surface area contributed by atoms with Gasteiger partial charge in [-0.25, -0.2) is 0 Å². The Labute approximate surface area is 137 Å². The second kappa shape index (κ2) is 7.55. The fourth-order valence-corrected chi connectivity index (χ4v) is 5.34. The summed E-state index contributed by atoms with van der Waals surface area (Å²) in [6.45, 7) is 5.44. The Hall–Kier alpha value is 0.580. The van der Waals surface area contributed by atoms with Crippen LogP contribution in [-0.4, -0.2) is 24.5 Å². The third-order valence-corrected chi connectivity index (χ3v) is 7.21. The summed E-state index contributed by atoms with van der Waals surface area (Å²) in [7, 11) is 0. The van der Waals surface area contributed by atoms with Crippen LogP contribution in [0.15, 0.2) is 14.3 Å². The van der Waals surface area contributed by atoms with Gasteiger partial charge in [0, 0.05) is 15.4 Å². The topological polar surface area (TPSA) is 29.3 Å². The Bertz CT molecular complexity index is 389. The Morgan fingerprint density at radius 3 is 2.79 bits per heavy atom. The molecule has 108 valence electrons. The van der Waals surface area contributed by atoms with Crippen LogP contribution in [0.3, 0.4) is 0 Å². The SMILES string of the molecule is CCCN1CCCCC(CN)C1c1cc(Br)c(Br)s1. The van der Waals surface area contributed by atoms with Crippen LogP contribution in [0.1, 0.15) is 43.5 Å². The van der Waals surface area contributed by atoms with Crippen LogP contribution in [0, 0.1) is 5.92 Å². The first-order valence-corrected chi connectivity index (χ1v) is 9.46. The van der Waals surface area contributed by atoms with Crippen molar-refractivity contribution in [3.63, 3.8) is 0 Å². The van der Waals surface area contributed by atoms with Crippen molar-refractivity contribution < 1.29 is 0 Å². The molecule has 2 unspecified atom stereocenters. The minimum atomic E-state index is 0.500. The van der Waals surface area contributed by atoms with Crippen LogP contribution < -0.4 is 5.73 Å². The summed E-state index contributed by atoms with van der Waals surface area (Å²) in [5.41, 5.74) is 6.06. The van der Waals surface area contributed by atoms with Crippen LogP contribution >= 0.6 is 43.2 Å². The van der Waals surface area contributed by atoms with Gasteiger partial charge in [0.25, 0.3) is 0 Å². The van der Waals surface area contributed by atoms with Crippen molar-refractivity contribution in [2.45, 2.75) is 38.6 Å². The van der Waals surface area contributed by atoms with Crippen LogP contribution in [0.5, 0.6) is 0 Å². The number of thiophene rings is 1. The second-order valence-electron chi connectivity index (χ2n) is 5.24. The first-order chi connectivity index (χ1) is 9.17. The summed E-state index contributed by atoms with van der Waals surface area (Å²) in [6, 6.07) is 2.77. The molecule has 1 aliphatic rings. The number of rotatable bonds is 4. The smallest absolute Gasteiger partial charge is 0.0843 e. The van der Waals surface area contributed by atoms with Gasteiger partial charge < -0.3 is 5.73 Å². The molecule has 1 aliphatic heterocycles. The lowest BCUT2D eigenvalue weighted by molar-refractivity contribution is 0.161. The molecule has 19 heavy (non-hydrogen) atoms. The average Bonchev–Trinajstić information content (AvgIpc) is 2.62. The van der Waals surface area contributed by atoms with E-state index in [4.69, 9.17) is 5.73 Å². The highest BCUT2D eigenvalue weighted by Crippen LogP contribution is 2.42. The molecule has 0 aliphatic carbocycles. The Balaban J connectivity index is 2.31. The predicted molar refractivity (Wildman–Crippen MR) is 90.7 cm³/mol. The zero-order chi connectivity index (χ0) is 13.8. The van der Waals surface area contributed by atoms with Crippen molar-refractivity contribution in [1.29, 1.82) is 0 Å². The molecule has 0 saturated carbocycles. The number of hydrogen-bond acceptors (Lipinski definition) is 3. The number of nitrogens with two attached hydrogens (primary N) is 1. The van der Waals surface area contributed by atoms with Gasteiger partial charge >= 0.3 is 0 Å². The van der Waals surface area contributed by atoms with Gasteiger partial charge in [0.05, 0.1) is 3.79 Å². The Kier molecular flexibility index (Phi) is 6.34. The minimum Gasteiger partial charge on any atom is -0.330 e. The molecule has 2 rings (SSSR count). The van der Waals surface area contributed by atoms with Gasteiger partial charge in [-0.2, -0.15) is 0 Å². The van der Waals surface area contributed by atoms with E-state index in [0.717, 1.165) is 6.54 Å². The Morgan fingerprint density at radius 1 is 1.42 bits per heavy atom. The van der Waals surface area contributed by atoms with E-state index in [0.29, 0.717) is 12.0 Å². The maximum Gasteiger partial charge on any atom is 0.0843 e. The lowest BCUT2D eigenvalue weighted by atomic mass is 9.93. The zero-order valence-corrected chi connectivity index (χ0v) is 15.4. The van der Waals surface area contributed by atoms with Crippen molar-refractivity contribution in [1.82, 2.24) is 4.90 Å². The highest BCUT2D eigenvalue weighted by Gasteiger charge is 2.31. The van der Waals surface area contributed by atoms with Crippen molar-refractivity contribution in [2.75, 3.05) is 19.6 Å². The minimum absolute atomic E-state index is 0.500. The highest BCUT2D eigenvalue weighted by molar-refractivity contribution is 9.13. The summed E-state index contributed by atoms with van der Waals surface area (Å²) in [6.07, 6.45) is 5.09. The van der Waals surface area contributed by atoms with Gasteiger partial charge in [-0.05, 0) is 82.7 Å². The van der Waals surface area contributed by atoms with Crippen LogP contribution in [-0.2, 0) is 0 Å². The molecule has 0 spiro atoms. The van der Waals surface area contributed by atoms with Gasteiger partial charge in [0.15, 0.2) is 0 Å². The maximum atomic E-state index is 6.06. The van der Waals surface area contributed by atoms with Crippen molar-refractivity contribution >= 4 is 43.2 Å². The lowest BCUT2D eigenvalue weighted by Gasteiger charge is -2.33. The first-order valence-electron chi connectivity index (χ1n) is 7.06. The van der Waals surface area contributed by atoms with Gasteiger partial charge in [-0.1, -0.05) is 13.3 Å². The van der Waals surface area contributed by atoms with Crippen LogP contribution in [0.25, 0.3) is 0 Å². The maximum absolute atomic E-state index is 6.06. The molecule has 1 aromatic heterocycles. The Morgan fingerprint density at radius 2 is 2.21 bits per heavy atom. The highest BCUT2D eigenvalue weighted by atomic mass is 79.9. The molecule has 1 saturated heterocycles. The van der Waals surface area contributed by atoms with Crippen molar-refractivity contribution in [3.8, 4) is 0 Å². The summed E-state index contributed by atoms with van der Waals surface area (Å²) in [5.74, 6) is 0.589. The van der Waals surface area contributed by atoms with E-state index >= 15 is 0 Å². The summed E-state index contributed by atoms with van der Waals surface area (Å²) >= 11 is 9.09. The fourth-order valence-electron chi connectivity index (χ4n) is 3.02. The van der Waals surface area contributed by atoms with Gasteiger partial charge in [-0.3, -0.25) is 4.90 Å². The lowest BCUT2D eigenvalue weighted by Crippen LogP contribution is -2.35. The van der Waals surface area contributed by atoms with Crippen LogP contribution in [0.4, 0.5) is 0 Å². The molecule has 0 radical (unpaired) electrons. The van der Waals surface area contributed by atoms with E-state index < -0.39 is 0 Å². The van der Waals surface area contributed by atoms with Crippen molar-refractivity contribution in [3.05, 3.63) is 19.2 Å². The standard InChI is InChI=1S/C14H22Br2N2S/c1-2-6-18-7-4-3-5-10(9-17)13(18)12-8-11(15)14(16)19-12/h8,10,13H,2-7,9,17H2,1H3. The van der Waals surface area contributed by atoms with Gasteiger partial charge in [0.2, 0.25) is 0 Å².